The Bertz CT molecular complexity index is 70.6. The summed E-state index contributed by atoms with van der Waals surface area (Å²) in [6.07, 6.45) is 2.96. The first kappa shape index (κ1) is 8.32. The molecule has 0 bridgehead atoms. The maximum absolute atomic E-state index is 5.52. The van der Waals surface area contributed by atoms with Crippen LogP contribution in [0.3, 0.4) is 0 Å². The summed E-state index contributed by atoms with van der Waals surface area (Å²) in [5.74, 6) is 1.19. The van der Waals surface area contributed by atoms with Crippen molar-refractivity contribution in [3.63, 3.8) is 0 Å². The van der Waals surface area contributed by atoms with Crippen molar-refractivity contribution in [3.8, 4) is 0 Å². The van der Waals surface area contributed by atoms with E-state index in [0.29, 0.717) is 11.8 Å². The predicted molar refractivity (Wildman–Crippen MR) is 39.8 cm³/mol. The van der Waals surface area contributed by atoms with Gasteiger partial charge < -0.3 is 0 Å². The van der Waals surface area contributed by atoms with Crippen molar-refractivity contribution in [2.75, 3.05) is 11.8 Å². The van der Waals surface area contributed by atoms with Gasteiger partial charge in [-0.1, -0.05) is 18.6 Å². The van der Waals surface area contributed by atoms with Gasteiger partial charge in [-0.2, -0.15) is 0 Å². The maximum atomic E-state index is 5.52. The van der Waals surface area contributed by atoms with Crippen molar-refractivity contribution in [3.05, 3.63) is 11.6 Å². The van der Waals surface area contributed by atoms with Crippen LogP contribution in [0.2, 0.25) is 0 Å². The van der Waals surface area contributed by atoms with E-state index in [1.165, 1.54) is 5.57 Å². The molecule has 0 saturated heterocycles. The van der Waals surface area contributed by atoms with E-state index < -0.39 is 0 Å². The Balaban J connectivity index is 3.49. The van der Waals surface area contributed by atoms with Crippen LogP contribution in [0.25, 0.3) is 0 Å². The molecular formula is C6H10Cl2. The first-order valence-corrected chi connectivity index (χ1v) is 3.71. The van der Waals surface area contributed by atoms with Gasteiger partial charge in [-0.25, -0.2) is 0 Å². The molecule has 48 valence electrons. The van der Waals surface area contributed by atoms with Crippen molar-refractivity contribution in [1.82, 2.24) is 0 Å². The van der Waals surface area contributed by atoms with Crippen LogP contribution < -0.4 is 0 Å². The van der Waals surface area contributed by atoms with Gasteiger partial charge in [0.05, 0.1) is 0 Å². The van der Waals surface area contributed by atoms with E-state index in [9.17, 15) is 0 Å². The molecule has 0 heterocycles. The maximum Gasteiger partial charge on any atom is 0.0433 e. The Kier molecular flexibility index (Phi) is 5.67. The largest absolute Gasteiger partial charge is 0.122 e. The monoisotopic (exact) mass is 152 g/mol. The average molecular weight is 153 g/mol. The van der Waals surface area contributed by atoms with E-state index in [1.54, 1.807) is 0 Å². The third-order valence-electron chi connectivity index (χ3n) is 0.992. The topological polar surface area (TPSA) is 0 Å². The first-order chi connectivity index (χ1) is 3.85. The molecule has 0 aliphatic rings. The van der Waals surface area contributed by atoms with Crippen LogP contribution >= 0.6 is 23.2 Å². The Labute approximate surface area is 60.5 Å². The third-order valence-corrected chi connectivity index (χ3v) is 1.49. The van der Waals surface area contributed by atoms with Crippen molar-refractivity contribution >= 4 is 23.2 Å². The molecule has 0 spiro atoms. The molecule has 2 heteroatoms. The Hall–Kier alpha value is 0.320. The van der Waals surface area contributed by atoms with E-state index in [0.717, 1.165) is 6.42 Å². The zero-order chi connectivity index (χ0) is 6.41. The highest BCUT2D eigenvalue weighted by molar-refractivity contribution is 6.20. The second-order valence-corrected chi connectivity index (χ2v) is 2.08. The smallest absolute Gasteiger partial charge is 0.0433 e. The lowest BCUT2D eigenvalue weighted by molar-refractivity contribution is 1.10. The minimum absolute atomic E-state index is 0.579. The highest BCUT2D eigenvalue weighted by Gasteiger charge is 1.86. The molecule has 0 aliphatic carbocycles. The Morgan fingerprint density at radius 3 is 2.25 bits per heavy atom. The van der Waals surface area contributed by atoms with Gasteiger partial charge in [0.25, 0.3) is 0 Å². The zero-order valence-electron chi connectivity index (χ0n) is 4.95. The van der Waals surface area contributed by atoms with E-state index in [1.807, 2.05) is 6.08 Å². The fourth-order valence-electron chi connectivity index (χ4n) is 0.402. The molecule has 0 saturated carbocycles. The number of hydrogen-bond acceptors (Lipinski definition) is 0. The summed E-state index contributed by atoms with van der Waals surface area (Å²) in [7, 11) is 0. The molecule has 0 aliphatic heterocycles. The van der Waals surface area contributed by atoms with Crippen LogP contribution in [-0.4, -0.2) is 11.8 Å². The lowest BCUT2D eigenvalue weighted by Crippen LogP contribution is -1.81. The van der Waals surface area contributed by atoms with Gasteiger partial charge in [0.15, 0.2) is 0 Å². The minimum Gasteiger partial charge on any atom is -0.122 e. The van der Waals surface area contributed by atoms with Crippen LogP contribution in [-0.2, 0) is 0 Å². The van der Waals surface area contributed by atoms with E-state index in [4.69, 9.17) is 23.2 Å². The van der Waals surface area contributed by atoms with Crippen molar-refractivity contribution in [2.24, 2.45) is 0 Å². The van der Waals surface area contributed by atoms with Gasteiger partial charge in [-0.05, 0) is 6.42 Å². The number of rotatable bonds is 3. The van der Waals surface area contributed by atoms with Crippen molar-refractivity contribution < 1.29 is 0 Å². The summed E-state index contributed by atoms with van der Waals surface area (Å²) in [5, 5.41) is 0. The van der Waals surface area contributed by atoms with E-state index in [2.05, 4.69) is 6.92 Å². The third kappa shape index (κ3) is 3.34. The van der Waals surface area contributed by atoms with E-state index in [-0.39, 0.29) is 0 Å². The lowest BCUT2D eigenvalue weighted by atomic mass is 10.2. The van der Waals surface area contributed by atoms with Crippen LogP contribution in [0.1, 0.15) is 13.3 Å². The summed E-state index contributed by atoms with van der Waals surface area (Å²) >= 11 is 10.9. The molecule has 0 amide bonds. The van der Waals surface area contributed by atoms with Crippen molar-refractivity contribution in [1.29, 1.82) is 0 Å². The molecule has 8 heavy (non-hydrogen) atoms. The number of allylic oxidation sites excluding steroid dienone is 2. The van der Waals surface area contributed by atoms with Crippen LogP contribution in [0, 0.1) is 0 Å². The molecule has 0 atom stereocenters. The lowest BCUT2D eigenvalue weighted by Gasteiger charge is -1.93. The van der Waals surface area contributed by atoms with Crippen LogP contribution in [0.15, 0.2) is 11.6 Å². The number of hydrogen-bond donors (Lipinski definition) is 0. The van der Waals surface area contributed by atoms with Gasteiger partial charge in [-0.3, -0.25) is 0 Å². The molecule has 0 rings (SSSR count). The fourth-order valence-corrected chi connectivity index (χ4v) is 0.919. The van der Waals surface area contributed by atoms with Gasteiger partial charge in [-0.15, -0.1) is 23.2 Å². The fraction of sp³-hybridized carbons (Fsp3) is 0.667. The molecule has 0 N–H and O–H groups in total. The molecule has 0 radical (unpaired) electrons. The highest BCUT2D eigenvalue weighted by atomic mass is 35.5. The van der Waals surface area contributed by atoms with Crippen LogP contribution in [0.4, 0.5) is 0 Å². The summed E-state index contributed by atoms with van der Waals surface area (Å²) in [5.41, 5.74) is 1.22. The number of halogens is 2. The summed E-state index contributed by atoms with van der Waals surface area (Å²) in [4.78, 5) is 0. The minimum atomic E-state index is 0.579. The van der Waals surface area contributed by atoms with Crippen molar-refractivity contribution in [2.45, 2.75) is 13.3 Å². The second kappa shape index (κ2) is 5.46. The average Bonchev–Trinajstić information content (AvgIpc) is 1.83. The Morgan fingerprint density at radius 1 is 1.50 bits per heavy atom. The first-order valence-electron chi connectivity index (χ1n) is 2.65. The predicted octanol–water partition coefficient (Wildman–Crippen LogP) is 2.80. The summed E-state index contributed by atoms with van der Waals surface area (Å²) in [6, 6.07) is 0. The molecule has 0 aromatic heterocycles. The number of alkyl halides is 2. The van der Waals surface area contributed by atoms with Gasteiger partial charge in [0.1, 0.15) is 0 Å². The molecule has 0 aromatic carbocycles. The molecule has 0 unspecified atom stereocenters. The Morgan fingerprint density at radius 2 is 2.12 bits per heavy atom. The normalized spacial score (nSPS) is 12.1. The molecular weight excluding hydrogens is 143 g/mol. The van der Waals surface area contributed by atoms with E-state index >= 15 is 0 Å². The summed E-state index contributed by atoms with van der Waals surface area (Å²) < 4.78 is 0. The second-order valence-electron chi connectivity index (χ2n) is 1.50. The summed E-state index contributed by atoms with van der Waals surface area (Å²) in [6.45, 7) is 2.07. The quantitative estimate of drug-likeness (QED) is 0.432. The highest BCUT2D eigenvalue weighted by Crippen LogP contribution is 2.02. The SMILES string of the molecule is CC/C(=C\CCl)CCl. The standard InChI is InChI=1S/C6H10Cl2/c1-2-6(5-8)3-4-7/h3H,2,4-5H2,1H3/b6-3+. The zero-order valence-corrected chi connectivity index (χ0v) is 6.47. The molecule has 0 aromatic rings. The molecule has 0 fully saturated rings. The van der Waals surface area contributed by atoms with Crippen LogP contribution in [0.5, 0.6) is 0 Å². The molecule has 0 nitrogen and oxygen atoms in total. The van der Waals surface area contributed by atoms with Gasteiger partial charge in [0, 0.05) is 11.8 Å². The van der Waals surface area contributed by atoms with Gasteiger partial charge >= 0.3 is 0 Å². The van der Waals surface area contributed by atoms with Gasteiger partial charge in [0.2, 0.25) is 0 Å².